The van der Waals surface area contributed by atoms with Gasteiger partial charge in [-0.1, -0.05) is 25.8 Å². The topological polar surface area (TPSA) is 28.2 Å². The van der Waals surface area contributed by atoms with Gasteiger partial charge in [-0.3, -0.25) is 4.90 Å². The molecule has 1 aliphatic carbocycles. The Morgan fingerprint density at radius 1 is 1.30 bits per heavy atom. The van der Waals surface area contributed by atoms with E-state index in [-0.39, 0.29) is 0 Å². The van der Waals surface area contributed by atoms with E-state index in [9.17, 15) is 0 Å². The van der Waals surface area contributed by atoms with Gasteiger partial charge >= 0.3 is 0 Å². The van der Waals surface area contributed by atoms with Crippen LogP contribution in [0.15, 0.2) is 18.3 Å². The fourth-order valence-corrected chi connectivity index (χ4v) is 3.89. The van der Waals surface area contributed by atoms with Crippen molar-refractivity contribution in [1.82, 2.24) is 9.88 Å². The third-order valence-corrected chi connectivity index (χ3v) is 4.93. The number of hydrogen-bond donors (Lipinski definition) is 1. The average molecular weight is 273 g/mol. The minimum Gasteiger partial charge on any atom is -0.370 e. The highest BCUT2D eigenvalue weighted by Gasteiger charge is 2.35. The Balaban J connectivity index is 1.68. The Morgan fingerprint density at radius 2 is 2.20 bits per heavy atom. The summed E-state index contributed by atoms with van der Waals surface area (Å²) in [5.74, 6) is 2.06. The van der Waals surface area contributed by atoms with Crippen LogP contribution in [0.4, 0.5) is 5.82 Å². The molecule has 3 heteroatoms. The quantitative estimate of drug-likeness (QED) is 0.887. The van der Waals surface area contributed by atoms with E-state index in [1.807, 2.05) is 6.20 Å². The second-order valence-corrected chi connectivity index (χ2v) is 6.31. The van der Waals surface area contributed by atoms with Gasteiger partial charge in [-0.15, -0.1) is 0 Å². The van der Waals surface area contributed by atoms with Gasteiger partial charge in [0.05, 0.1) is 0 Å². The Hall–Kier alpha value is -1.09. The molecule has 2 unspecified atom stereocenters. The zero-order chi connectivity index (χ0) is 13.8. The predicted molar refractivity (Wildman–Crippen MR) is 83.8 cm³/mol. The maximum atomic E-state index is 4.52. The summed E-state index contributed by atoms with van der Waals surface area (Å²) in [5, 5.41) is 3.47. The fraction of sp³-hybridized carbons (Fsp3) is 0.706. The van der Waals surface area contributed by atoms with Crippen LogP contribution in [0.2, 0.25) is 0 Å². The minimum absolute atomic E-state index is 0.836. The highest BCUT2D eigenvalue weighted by molar-refractivity contribution is 5.43. The van der Waals surface area contributed by atoms with E-state index in [0.717, 1.165) is 37.3 Å². The molecule has 0 radical (unpaired) electrons. The van der Waals surface area contributed by atoms with Crippen molar-refractivity contribution in [1.29, 1.82) is 0 Å². The molecule has 1 aromatic rings. The monoisotopic (exact) mass is 273 g/mol. The normalized spacial score (nSPS) is 26.4. The average Bonchev–Trinajstić information content (AvgIpc) is 2.90. The highest BCUT2D eigenvalue weighted by Crippen LogP contribution is 2.37. The van der Waals surface area contributed by atoms with Crippen molar-refractivity contribution in [3.05, 3.63) is 23.9 Å². The minimum atomic E-state index is 0.836. The summed E-state index contributed by atoms with van der Waals surface area (Å²) in [6, 6.07) is 5.14. The zero-order valence-corrected chi connectivity index (χ0v) is 12.6. The SMILES string of the molecule is CCCNc1ncccc1CN1CCC2CCCCC21. The van der Waals surface area contributed by atoms with Crippen molar-refractivity contribution in [3.63, 3.8) is 0 Å². The van der Waals surface area contributed by atoms with Crippen LogP contribution in [0.25, 0.3) is 0 Å². The lowest BCUT2D eigenvalue weighted by Gasteiger charge is -2.32. The Kier molecular flexibility index (Phi) is 4.56. The van der Waals surface area contributed by atoms with Crippen LogP contribution >= 0.6 is 0 Å². The molecule has 0 bridgehead atoms. The van der Waals surface area contributed by atoms with E-state index in [2.05, 4.69) is 34.3 Å². The van der Waals surface area contributed by atoms with Crippen molar-refractivity contribution in [2.75, 3.05) is 18.4 Å². The Labute approximate surface area is 122 Å². The standard InChI is InChI=1S/C17H27N3/c1-2-10-18-17-15(7-5-11-19-17)13-20-12-9-14-6-3-4-8-16(14)20/h5,7,11,14,16H,2-4,6,8-10,12-13H2,1H3,(H,18,19). The summed E-state index contributed by atoms with van der Waals surface area (Å²) in [7, 11) is 0. The molecule has 0 aromatic carbocycles. The van der Waals surface area contributed by atoms with E-state index in [4.69, 9.17) is 0 Å². The van der Waals surface area contributed by atoms with E-state index < -0.39 is 0 Å². The van der Waals surface area contributed by atoms with Gasteiger partial charge < -0.3 is 5.32 Å². The summed E-state index contributed by atoms with van der Waals surface area (Å²) in [6.07, 6.45) is 10.2. The number of likely N-dealkylation sites (tertiary alicyclic amines) is 1. The first-order chi connectivity index (χ1) is 9.88. The van der Waals surface area contributed by atoms with Crippen molar-refractivity contribution in [2.24, 2.45) is 5.92 Å². The Morgan fingerprint density at radius 3 is 3.10 bits per heavy atom. The van der Waals surface area contributed by atoms with Gasteiger partial charge in [0.2, 0.25) is 0 Å². The predicted octanol–water partition coefficient (Wildman–Crippen LogP) is 3.67. The third kappa shape index (κ3) is 2.98. The Bertz CT molecular complexity index is 432. The van der Waals surface area contributed by atoms with Gasteiger partial charge in [-0.25, -0.2) is 4.98 Å². The molecule has 2 aliphatic rings. The molecule has 2 atom stereocenters. The molecule has 1 N–H and O–H groups in total. The molecule has 1 saturated heterocycles. The molecule has 110 valence electrons. The van der Waals surface area contributed by atoms with Crippen LogP contribution in [0.5, 0.6) is 0 Å². The van der Waals surface area contributed by atoms with Crippen molar-refractivity contribution < 1.29 is 0 Å². The van der Waals surface area contributed by atoms with Gasteiger partial charge in [0.15, 0.2) is 0 Å². The fourth-order valence-electron chi connectivity index (χ4n) is 3.89. The molecule has 20 heavy (non-hydrogen) atoms. The van der Waals surface area contributed by atoms with Gasteiger partial charge in [-0.2, -0.15) is 0 Å². The van der Waals surface area contributed by atoms with E-state index in [1.54, 1.807) is 0 Å². The smallest absolute Gasteiger partial charge is 0.130 e. The first kappa shape index (κ1) is 13.9. The number of rotatable bonds is 5. The first-order valence-electron chi connectivity index (χ1n) is 8.30. The number of aromatic nitrogens is 1. The summed E-state index contributed by atoms with van der Waals surface area (Å²) in [4.78, 5) is 7.23. The first-order valence-corrected chi connectivity index (χ1v) is 8.30. The number of nitrogens with one attached hydrogen (secondary N) is 1. The number of nitrogens with zero attached hydrogens (tertiary/aromatic N) is 2. The lowest BCUT2D eigenvalue weighted by Crippen LogP contribution is -2.34. The highest BCUT2D eigenvalue weighted by atomic mass is 15.2. The number of pyridine rings is 1. The summed E-state index contributed by atoms with van der Waals surface area (Å²) in [5.41, 5.74) is 1.37. The maximum Gasteiger partial charge on any atom is 0.130 e. The molecule has 1 saturated carbocycles. The second-order valence-electron chi connectivity index (χ2n) is 6.31. The molecule has 3 rings (SSSR count). The number of anilines is 1. The maximum absolute atomic E-state index is 4.52. The molecular weight excluding hydrogens is 246 g/mol. The van der Waals surface area contributed by atoms with Crippen LogP contribution in [-0.4, -0.2) is 29.0 Å². The van der Waals surface area contributed by atoms with Gasteiger partial charge in [-0.05, 0) is 44.2 Å². The van der Waals surface area contributed by atoms with E-state index in [1.165, 1.54) is 44.2 Å². The van der Waals surface area contributed by atoms with E-state index >= 15 is 0 Å². The molecular formula is C17H27N3. The summed E-state index contributed by atoms with van der Waals surface area (Å²) < 4.78 is 0. The molecule has 3 nitrogen and oxygen atoms in total. The molecule has 1 aliphatic heterocycles. The second kappa shape index (κ2) is 6.57. The molecule has 2 heterocycles. The lowest BCUT2D eigenvalue weighted by molar-refractivity contribution is 0.176. The van der Waals surface area contributed by atoms with E-state index in [0.29, 0.717) is 0 Å². The largest absolute Gasteiger partial charge is 0.370 e. The molecule has 1 aromatic heterocycles. The van der Waals surface area contributed by atoms with Crippen LogP contribution in [-0.2, 0) is 6.54 Å². The zero-order valence-electron chi connectivity index (χ0n) is 12.6. The number of hydrogen-bond acceptors (Lipinski definition) is 3. The molecule has 2 fully saturated rings. The summed E-state index contributed by atoms with van der Waals surface area (Å²) in [6.45, 7) is 5.55. The number of fused-ring (bicyclic) bond motifs is 1. The van der Waals surface area contributed by atoms with Gasteiger partial charge in [0.1, 0.15) is 5.82 Å². The van der Waals surface area contributed by atoms with Gasteiger partial charge in [0.25, 0.3) is 0 Å². The molecule has 0 spiro atoms. The van der Waals surface area contributed by atoms with Crippen LogP contribution in [0.3, 0.4) is 0 Å². The van der Waals surface area contributed by atoms with Crippen molar-refractivity contribution >= 4 is 5.82 Å². The lowest BCUT2D eigenvalue weighted by atomic mass is 9.85. The van der Waals surface area contributed by atoms with Crippen molar-refractivity contribution in [2.45, 2.75) is 58.0 Å². The van der Waals surface area contributed by atoms with Gasteiger partial charge in [0, 0.05) is 30.9 Å². The van der Waals surface area contributed by atoms with Crippen LogP contribution in [0, 0.1) is 5.92 Å². The third-order valence-electron chi connectivity index (χ3n) is 4.93. The van der Waals surface area contributed by atoms with Crippen LogP contribution < -0.4 is 5.32 Å². The summed E-state index contributed by atoms with van der Waals surface area (Å²) >= 11 is 0. The molecule has 0 amide bonds. The van der Waals surface area contributed by atoms with Crippen molar-refractivity contribution in [3.8, 4) is 0 Å². The van der Waals surface area contributed by atoms with Crippen LogP contribution in [0.1, 0.15) is 51.0 Å².